The van der Waals surface area contributed by atoms with Crippen molar-refractivity contribution in [2.75, 3.05) is 20.8 Å². The highest BCUT2D eigenvalue weighted by molar-refractivity contribution is 7.80. The molecule has 1 heterocycles. The highest BCUT2D eigenvalue weighted by atomic mass is 32.3. The van der Waals surface area contributed by atoms with E-state index >= 15 is 0 Å². The third-order valence-electron chi connectivity index (χ3n) is 3.01. The first-order valence-electron chi connectivity index (χ1n) is 6.41. The summed E-state index contributed by atoms with van der Waals surface area (Å²) in [5, 5.41) is 5.10. The fourth-order valence-corrected chi connectivity index (χ4v) is 3.57. The van der Waals surface area contributed by atoms with Gasteiger partial charge in [0.15, 0.2) is 6.54 Å². The summed E-state index contributed by atoms with van der Waals surface area (Å²) in [7, 11) is -5.81. The zero-order chi connectivity index (χ0) is 17.1. The molecule has 9 nitrogen and oxygen atoms in total. The average Bonchev–Trinajstić information content (AvgIpc) is 2.52. The molecule has 0 spiro atoms. The van der Waals surface area contributed by atoms with Crippen molar-refractivity contribution in [3.05, 3.63) is 30.5 Å². The predicted molar refractivity (Wildman–Crippen MR) is 78.8 cm³/mol. The van der Waals surface area contributed by atoms with Crippen molar-refractivity contribution in [1.82, 2.24) is 5.10 Å². The number of aromatic nitrogens is 2. The molecule has 0 N–H and O–H groups in total. The monoisotopic (exact) mass is 362 g/mol. The van der Waals surface area contributed by atoms with Crippen LogP contribution < -0.4 is 9.99 Å². The minimum Gasteiger partial charge on any atom is -0.726 e. The molecule has 2 aromatic rings. The molecule has 0 saturated carbocycles. The van der Waals surface area contributed by atoms with Crippen LogP contribution in [-0.2, 0) is 34.7 Å². The lowest BCUT2D eigenvalue weighted by Crippen LogP contribution is -2.43. The SMILES string of the molecule is COP(=O)(OC)c1c[n+](CCOS(=O)(=O)[O-])nc2ccccc12. The quantitative estimate of drug-likeness (QED) is 0.295. The van der Waals surface area contributed by atoms with Gasteiger partial charge in [-0.2, -0.15) is 0 Å². The summed E-state index contributed by atoms with van der Waals surface area (Å²) in [5.74, 6) is 0. The van der Waals surface area contributed by atoms with Crippen molar-refractivity contribution in [3.63, 3.8) is 0 Å². The Morgan fingerprint density at radius 1 is 1.26 bits per heavy atom. The van der Waals surface area contributed by atoms with Gasteiger partial charge in [0, 0.05) is 24.7 Å². The van der Waals surface area contributed by atoms with E-state index in [2.05, 4.69) is 9.28 Å². The molecule has 0 aliphatic rings. The molecule has 2 rings (SSSR count). The second kappa shape index (κ2) is 7.00. The van der Waals surface area contributed by atoms with Crippen molar-refractivity contribution in [2.24, 2.45) is 0 Å². The Bertz CT molecular complexity index is 848. The Hall–Kier alpha value is -1.42. The molecule has 11 heteroatoms. The van der Waals surface area contributed by atoms with E-state index in [1.54, 1.807) is 24.3 Å². The van der Waals surface area contributed by atoms with E-state index in [1.165, 1.54) is 25.1 Å². The lowest BCUT2D eigenvalue weighted by atomic mass is 10.2. The summed E-state index contributed by atoms with van der Waals surface area (Å²) in [6.45, 7) is -0.432. The minimum absolute atomic E-state index is 0.0350. The summed E-state index contributed by atoms with van der Waals surface area (Å²) in [6, 6.07) is 6.90. The van der Waals surface area contributed by atoms with Crippen molar-refractivity contribution in [1.29, 1.82) is 0 Å². The van der Waals surface area contributed by atoms with Crippen molar-refractivity contribution < 1.29 is 35.4 Å². The molecule has 23 heavy (non-hydrogen) atoms. The molecule has 0 radical (unpaired) electrons. The highest BCUT2D eigenvalue weighted by Crippen LogP contribution is 2.46. The molecular weight excluding hydrogens is 347 g/mol. The molecule has 0 fully saturated rings. The van der Waals surface area contributed by atoms with Gasteiger partial charge in [0.05, 0.1) is 0 Å². The van der Waals surface area contributed by atoms with Gasteiger partial charge >= 0.3 is 7.60 Å². The first-order chi connectivity index (χ1) is 10.8. The van der Waals surface area contributed by atoms with Crippen molar-refractivity contribution >= 4 is 34.2 Å². The largest absolute Gasteiger partial charge is 0.726 e. The average molecular weight is 362 g/mol. The van der Waals surface area contributed by atoms with Gasteiger partial charge < -0.3 is 13.6 Å². The second-order valence-electron chi connectivity index (χ2n) is 4.39. The summed E-state index contributed by atoms with van der Waals surface area (Å²) in [4.78, 5) is 0. The fraction of sp³-hybridized carbons (Fsp3) is 0.333. The van der Waals surface area contributed by atoms with Crippen LogP contribution in [0.15, 0.2) is 30.5 Å². The van der Waals surface area contributed by atoms with E-state index in [0.717, 1.165) is 0 Å². The maximum atomic E-state index is 12.7. The fourth-order valence-electron chi connectivity index (χ4n) is 1.99. The smallest absolute Gasteiger partial charge is 0.367 e. The van der Waals surface area contributed by atoms with E-state index in [9.17, 15) is 17.5 Å². The van der Waals surface area contributed by atoms with Crippen LogP contribution in [0.3, 0.4) is 0 Å². The molecule has 1 aromatic carbocycles. The first-order valence-corrected chi connectivity index (χ1v) is 9.28. The third kappa shape index (κ3) is 4.31. The standard InChI is InChI=1S/C12H15N2O7PS/c1-19-22(15,20-2)12-9-14(7-8-21-23(16,17)18)13-11-6-4-3-5-10(11)12/h3-6,9H,7-8H2,1-2H3. The second-order valence-corrected chi connectivity index (χ2v) is 7.65. The maximum absolute atomic E-state index is 12.7. The molecule has 126 valence electrons. The summed E-state index contributed by atoms with van der Waals surface area (Å²) >= 11 is 0. The number of benzene rings is 1. The van der Waals surface area contributed by atoms with Crippen LogP contribution in [0.4, 0.5) is 0 Å². The van der Waals surface area contributed by atoms with Gasteiger partial charge in [-0.15, -0.1) is 0 Å². The minimum atomic E-state index is -4.78. The predicted octanol–water partition coefficient (Wildman–Crippen LogP) is 0.110. The van der Waals surface area contributed by atoms with Crippen LogP contribution in [-0.4, -0.2) is 38.9 Å². The maximum Gasteiger partial charge on any atom is 0.367 e. The van der Waals surface area contributed by atoms with Crippen LogP contribution >= 0.6 is 7.60 Å². The number of hydrogen-bond acceptors (Lipinski definition) is 8. The topological polar surface area (TPSA) is 119 Å². The zero-order valence-electron chi connectivity index (χ0n) is 12.4. The van der Waals surface area contributed by atoms with E-state index < -0.39 is 24.6 Å². The lowest BCUT2D eigenvalue weighted by Gasteiger charge is -2.14. The zero-order valence-corrected chi connectivity index (χ0v) is 14.1. The molecule has 0 saturated heterocycles. The van der Waals surface area contributed by atoms with Crippen LogP contribution in [0.1, 0.15) is 0 Å². The van der Waals surface area contributed by atoms with Gasteiger partial charge in [0.2, 0.25) is 16.6 Å². The lowest BCUT2D eigenvalue weighted by molar-refractivity contribution is -0.751. The van der Waals surface area contributed by atoms with E-state index in [0.29, 0.717) is 10.9 Å². The summed E-state index contributed by atoms with van der Waals surface area (Å²) < 4.78 is 59.6. The van der Waals surface area contributed by atoms with Gasteiger partial charge in [-0.3, -0.25) is 8.75 Å². The van der Waals surface area contributed by atoms with Gasteiger partial charge in [-0.25, -0.2) is 8.42 Å². The van der Waals surface area contributed by atoms with E-state index in [-0.39, 0.29) is 11.8 Å². The molecule has 0 aliphatic carbocycles. The molecular formula is C12H15N2O7PS. The number of nitrogens with zero attached hydrogens (tertiary/aromatic N) is 2. The van der Waals surface area contributed by atoms with Crippen LogP contribution in [0.25, 0.3) is 10.9 Å². The number of hydrogen-bond donors (Lipinski definition) is 0. The van der Waals surface area contributed by atoms with Crippen LogP contribution in [0, 0.1) is 0 Å². The van der Waals surface area contributed by atoms with Crippen LogP contribution in [0.2, 0.25) is 0 Å². The highest BCUT2D eigenvalue weighted by Gasteiger charge is 2.31. The van der Waals surface area contributed by atoms with Crippen LogP contribution in [0.5, 0.6) is 0 Å². The molecule has 0 bridgehead atoms. The normalized spacial score (nSPS) is 12.7. The molecule has 1 aromatic heterocycles. The number of fused-ring (bicyclic) bond motifs is 1. The Labute approximate surface area is 133 Å². The molecule has 0 unspecified atom stereocenters. The molecule has 0 atom stereocenters. The third-order valence-corrected chi connectivity index (χ3v) is 5.37. The van der Waals surface area contributed by atoms with Gasteiger partial charge in [0.1, 0.15) is 17.4 Å². The van der Waals surface area contributed by atoms with E-state index in [4.69, 9.17) is 9.05 Å². The van der Waals surface area contributed by atoms with Crippen molar-refractivity contribution in [3.8, 4) is 0 Å². The Balaban J connectivity index is 2.46. The Morgan fingerprint density at radius 2 is 1.91 bits per heavy atom. The van der Waals surface area contributed by atoms with Crippen molar-refractivity contribution in [2.45, 2.75) is 6.54 Å². The summed E-state index contributed by atoms with van der Waals surface area (Å²) in [5.41, 5.74) is 0.504. The summed E-state index contributed by atoms with van der Waals surface area (Å²) in [6.07, 6.45) is 1.41. The van der Waals surface area contributed by atoms with Gasteiger partial charge in [-0.05, 0) is 6.07 Å². The van der Waals surface area contributed by atoms with Gasteiger partial charge in [-0.1, -0.05) is 22.9 Å². The van der Waals surface area contributed by atoms with Gasteiger partial charge in [0.25, 0.3) is 0 Å². The number of rotatable bonds is 7. The van der Waals surface area contributed by atoms with E-state index in [1.807, 2.05) is 0 Å². The molecule has 0 aliphatic heterocycles. The Morgan fingerprint density at radius 3 is 2.52 bits per heavy atom. The first kappa shape index (κ1) is 17.9. The Kier molecular flexibility index (Phi) is 5.45. The molecule has 0 amide bonds.